The lowest BCUT2D eigenvalue weighted by Gasteiger charge is -2.34. The van der Waals surface area contributed by atoms with Gasteiger partial charge in [0.1, 0.15) is 0 Å². The van der Waals surface area contributed by atoms with E-state index in [0.29, 0.717) is 0 Å². The summed E-state index contributed by atoms with van der Waals surface area (Å²) >= 11 is 0. The smallest absolute Gasteiger partial charge is 0.317 e. The number of hydrogen-bond donors (Lipinski definition) is 1. The van der Waals surface area contributed by atoms with E-state index in [2.05, 4.69) is 5.92 Å². The maximum absolute atomic E-state index is 12.1. The minimum Gasteiger partial charge on any atom is -0.480 e. The Morgan fingerprint density at radius 2 is 2.17 bits per heavy atom. The third-order valence-electron chi connectivity index (χ3n) is 3.16. The summed E-state index contributed by atoms with van der Waals surface area (Å²) in [6.07, 6.45) is 8.36. The van der Waals surface area contributed by atoms with Crippen LogP contribution in [0.1, 0.15) is 26.2 Å². The van der Waals surface area contributed by atoms with Crippen LogP contribution in [0.15, 0.2) is 0 Å². The van der Waals surface area contributed by atoms with Crippen molar-refractivity contribution in [3.63, 3.8) is 0 Å². The number of carboxylic acid groups (broad SMARTS) is 1. The Morgan fingerprint density at radius 3 is 2.72 bits per heavy atom. The third kappa shape index (κ3) is 4.38. The van der Waals surface area contributed by atoms with Gasteiger partial charge in [-0.2, -0.15) is 0 Å². The lowest BCUT2D eigenvalue weighted by Crippen LogP contribution is -2.47. The first kappa shape index (κ1) is 14.5. The number of piperidine rings is 1. The van der Waals surface area contributed by atoms with Gasteiger partial charge in [-0.3, -0.25) is 14.5 Å². The molecule has 0 bridgehead atoms. The van der Waals surface area contributed by atoms with Crippen molar-refractivity contribution in [2.45, 2.75) is 32.2 Å². The number of carboxylic acids is 1. The molecule has 1 saturated heterocycles. The van der Waals surface area contributed by atoms with Crippen LogP contribution in [0.4, 0.5) is 0 Å². The second kappa shape index (κ2) is 7.02. The van der Waals surface area contributed by atoms with Crippen LogP contribution in [0.5, 0.6) is 0 Å². The number of nitrogens with zero attached hydrogens (tertiary/aromatic N) is 2. The molecule has 0 radical (unpaired) electrons. The first-order valence-corrected chi connectivity index (χ1v) is 6.21. The number of amides is 1. The average molecular weight is 252 g/mol. The maximum Gasteiger partial charge on any atom is 0.317 e. The standard InChI is InChI=1S/C13H20N2O3/c1-3-7-14(10-13(17)18)9-12(16)15-8-5-4-6-11(15)2/h1,11H,4-10H2,2H3,(H,17,18). The lowest BCUT2D eigenvalue weighted by atomic mass is 10.0. The molecule has 1 N–H and O–H groups in total. The summed E-state index contributed by atoms with van der Waals surface area (Å²) in [5.74, 6) is 1.39. The fourth-order valence-electron chi connectivity index (χ4n) is 2.24. The molecule has 1 amide bonds. The quantitative estimate of drug-likeness (QED) is 0.720. The summed E-state index contributed by atoms with van der Waals surface area (Å²) in [6, 6.07) is 0.240. The van der Waals surface area contributed by atoms with Crippen molar-refractivity contribution in [3.05, 3.63) is 0 Å². The van der Waals surface area contributed by atoms with Gasteiger partial charge in [0.15, 0.2) is 0 Å². The molecule has 5 heteroatoms. The van der Waals surface area contributed by atoms with Gasteiger partial charge in [0.05, 0.1) is 19.6 Å². The number of carbonyl (C=O) groups is 2. The number of terminal acetylenes is 1. The third-order valence-corrected chi connectivity index (χ3v) is 3.16. The van der Waals surface area contributed by atoms with Gasteiger partial charge in [-0.05, 0) is 26.2 Å². The van der Waals surface area contributed by atoms with Crippen LogP contribution in [-0.4, -0.2) is 59.0 Å². The molecule has 18 heavy (non-hydrogen) atoms. The summed E-state index contributed by atoms with van der Waals surface area (Å²) in [7, 11) is 0. The van der Waals surface area contributed by atoms with Crippen molar-refractivity contribution in [3.8, 4) is 12.3 Å². The Kier molecular flexibility index (Phi) is 5.66. The monoisotopic (exact) mass is 252 g/mol. The molecule has 1 rings (SSSR count). The highest BCUT2D eigenvalue weighted by Gasteiger charge is 2.24. The van der Waals surface area contributed by atoms with E-state index in [4.69, 9.17) is 11.5 Å². The summed E-state index contributed by atoms with van der Waals surface area (Å²) in [6.45, 7) is 2.86. The summed E-state index contributed by atoms with van der Waals surface area (Å²) in [5.41, 5.74) is 0. The van der Waals surface area contributed by atoms with Gasteiger partial charge in [0, 0.05) is 12.6 Å². The highest BCUT2D eigenvalue weighted by molar-refractivity contribution is 5.79. The fraction of sp³-hybridized carbons (Fsp3) is 0.692. The lowest BCUT2D eigenvalue weighted by molar-refractivity contribution is -0.140. The van der Waals surface area contributed by atoms with E-state index in [0.717, 1.165) is 25.8 Å². The molecular weight excluding hydrogens is 232 g/mol. The van der Waals surface area contributed by atoms with Gasteiger partial charge in [-0.25, -0.2) is 0 Å². The van der Waals surface area contributed by atoms with Crippen LogP contribution < -0.4 is 0 Å². The molecule has 0 aliphatic carbocycles. The largest absolute Gasteiger partial charge is 0.480 e. The molecule has 0 saturated carbocycles. The minimum absolute atomic E-state index is 0.0290. The van der Waals surface area contributed by atoms with E-state index < -0.39 is 5.97 Å². The van der Waals surface area contributed by atoms with Gasteiger partial charge in [-0.1, -0.05) is 5.92 Å². The maximum atomic E-state index is 12.1. The topological polar surface area (TPSA) is 60.9 Å². The molecule has 1 heterocycles. The van der Waals surface area contributed by atoms with Crippen molar-refractivity contribution in [1.29, 1.82) is 0 Å². The van der Waals surface area contributed by atoms with Crippen molar-refractivity contribution in [1.82, 2.24) is 9.80 Å². The van der Waals surface area contributed by atoms with E-state index in [1.165, 1.54) is 4.90 Å². The molecule has 1 fully saturated rings. The summed E-state index contributed by atoms with van der Waals surface area (Å²) in [4.78, 5) is 26.1. The number of hydrogen-bond acceptors (Lipinski definition) is 3. The highest BCUT2D eigenvalue weighted by Crippen LogP contribution is 2.16. The molecule has 1 aliphatic heterocycles. The van der Waals surface area contributed by atoms with Gasteiger partial charge in [0.25, 0.3) is 0 Å². The molecule has 1 unspecified atom stereocenters. The molecule has 100 valence electrons. The van der Waals surface area contributed by atoms with Crippen LogP contribution in [0, 0.1) is 12.3 Å². The number of carbonyl (C=O) groups excluding carboxylic acids is 1. The van der Waals surface area contributed by atoms with Crippen LogP contribution in [-0.2, 0) is 9.59 Å². The van der Waals surface area contributed by atoms with E-state index in [9.17, 15) is 9.59 Å². The van der Waals surface area contributed by atoms with Crippen LogP contribution in [0.3, 0.4) is 0 Å². The molecule has 0 spiro atoms. The Hall–Kier alpha value is -1.54. The number of rotatable bonds is 5. The highest BCUT2D eigenvalue weighted by atomic mass is 16.4. The number of aliphatic carboxylic acids is 1. The normalized spacial score (nSPS) is 19.6. The number of likely N-dealkylation sites (tertiary alicyclic amines) is 1. The molecule has 1 aliphatic rings. The van der Waals surface area contributed by atoms with E-state index in [-0.39, 0.29) is 31.6 Å². The fourth-order valence-corrected chi connectivity index (χ4v) is 2.24. The van der Waals surface area contributed by atoms with Crippen LogP contribution in [0.25, 0.3) is 0 Å². The second-order valence-corrected chi connectivity index (χ2v) is 4.67. The predicted octanol–water partition coefficient (Wildman–Crippen LogP) is 0.407. The first-order chi connectivity index (χ1) is 8.54. The van der Waals surface area contributed by atoms with Crippen LogP contribution >= 0.6 is 0 Å². The molecule has 0 aromatic rings. The van der Waals surface area contributed by atoms with Crippen molar-refractivity contribution in [2.75, 3.05) is 26.2 Å². The zero-order chi connectivity index (χ0) is 13.5. The Balaban J connectivity index is 2.54. The van der Waals surface area contributed by atoms with E-state index in [1.807, 2.05) is 11.8 Å². The molecule has 5 nitrogen and oxygen atoms in total. The molecule has 0 aromatic heterocycles. The van der Waals surface area contributed by atoms with Gasteiger partial charge in [-0.15, -0.1) is 6.42 Å². The molecular formula is C13H20N2O3. The van der Waals surface area contributed by atoms with E-state index in [1.54, 1.807) is 0 Å². The second-order valence-electron chi connectivity index (χ2n) is 4.67. The molecule has 1 atom stereocenters. The predicted molar refractivity (Wildman–Crippen MR) is 67.9 cm³/mol. The van der Waals surface area contributed by atoms with Crippen molar-refractivity contribution < 1.29 is 14.7 Å². The van der Waals surface area contributed by atoms with Crippen molar-refractivity contribution >= 4 is 11.9 Å². The van der Waals surface area contributed by atoms with E-state index >= 15 is 0 Å². The average Bonchev–Trinajstić information content (AvgIpc) is 2.28. The Morgan fingerprint density at radius 1 is 1.44 bits per heavy atom. The summed E-state index contributed by atoms with van der Waals surface area (Å²) < 4.78 is 0. The minimum atomic E-state index is -0.968. The summed E-state index contributed by atoms with van der Waals surface area (Å²) in [5, 5.41) is 8.75. The SMILES string of the molecule is C#CCN(CC(=O)O)CC(=O)N1CCCCC1C. The first-order valence-electron chi connectivity index (χ1n) is 6.21. The van der Waals surface area contributed by atoms with Crippen LogP contribution in [0.2, 0.25) is 0 Å². The van der Waals surface area contributed by atoms with Gasteiger partial charge in [0.2, 0.25) is 5.91 Å². The van der Waals surface area contributed by atoms with Crippen molar-refractivity contribution in [2.24, 2.45) is 0 Å². The molecule has 0 aromatic carbocycles. The van der Waals surface area contributed by atoms with Gasteiger partial charge < -0.3 is 10.0 Å². The zero-order valence-corrected chi connectivity index (χ0v) is 10.8. The Bertz CT molecular complexity index is 349. The van der Waals surface area contributed by atoms with Gasteiger partial charge >= 0.3 is 5.97 Å². The zero-order valence-electron chi connectivity index (χ0n) is 10.8. The Labute approximate surface area is 108 Å².